The summed E-state index contributed by atoms with van der Waals surface area (Å²) in [6, 6.07) is 21.7. The summed E-state index contributed by atoms with van der Waals surface area (Å²) >= 11 is 0. The highest BCUT2D eigenvalue weighted by atomic mass is 16.3. The second-order valence-electron chi connectivity index (χ2n) is 6.85. The van der Waals surface area contributed by atoms with Crippen molar-refractivity contribution in [1.82, 2.24) is 4.90 Å². The Morgan fingerprint density at radius 2 is 1.54 bits per heavy atom. The fourth-order valence-electron chi connectivity index (χ4n) is 3.59. The fourth-order valence-corrected chi connectivity index (χ4v) is 3.59. The Hall–Kier alpha value is -2.91. The molecule has 1 heterocycles. The van der Waals surface area contributed by atoms with Gasteiger partial charge in [0.15, 0.2) is 6.23 Å². The van der Waals surface area contributed by atoms with E-state index in [2.05, 4.69) is 38.1 Å². The van der Waals surface area contributed by atoms with Gasteiger partial charge in [0, 0.05) is 17.7 Å². The van der Waals surface area contributed by atoms with Crippen LogP contribution in [-0.2, 0) is 6.54 Å². The van der Waals surface area contributed by atoms with Gasteiger partial charge in [-0.15, -0.1) is 0 Å². The van der Waals surface area contributed by atoms with Gasteiger partial charge < -0.3 is 10.0 Å². The molecule has 1 aliphatic heterocycles. The number of hydrogen-bond donors (Lipinski definition) is 1. The molecule has 0 saturated heterocycles. The minimum atomic E-state index is -0.899. The van der Waals surface area contributed by atoms with Crippen LogP contribution in [0.25, 0.3) is 11.1 Å². The van der Waals surface area contributed by atoms with Gasteiger partial charge in [-0.3, -0.25) is 4.79 Å². The molecule has 0 spiro atoms. The summed E-state index contributed by atoms with van der Waals surface area (Å²) in [5.41, 5.74) is 6.92. The molecule has 130 valence electrons. The van der Waals surface area contributed by atoms with E-state index in [1.165, 1.54) is 11.1 Å². The van der Waals surface area contributed by atoms with Crippen molar-refractivity contribution in [1.29, 1.82) is 0 Å². The van der Waals surface area contributed by atoms with Gasteiger partial charge in [-0.2, -0.15) is 0 Å². The Morgan fingerprint density at radius 3 is 2.27 bits per heavy atom. The standard InChI is InChI=1S/C23H21NO2/c1-15-12-18(21(13-16(15)2)17-8-4-3-5-9-17)14-24-22(25)19-10-6-7-11-20(19)23(24)26/h3-13,22,25H,14H2,1-2H3. The minimum Gasteiger partial charge on any atom is -0.369 e. The van der Waals surface area contributed by atoms with Crippen LogP contribution in [0.4, 0.5) is 0 Å². The van der Waals surface area contributed by atoms with Crippen molar-refractivity contribution in [3.8, 4) is 11.1 Å². The van der Waals surface area contributed by atoms with Gasteiger partial charge in [0.2, 0.25) is 0 Å². The first kappa shape index (κ1) is 16.6. The summed E-state index contributed by atoms with van der Waals surface area (Å²) in [6.45, 7) is 4.54. The number of benzene rings is 3. The molecular formula is C23H21NO2. The molecule has 3 aromatic rings. The van der Waals surface area contributed by atoms with E-state index in [4.69, 9.17) is 0 Å². The lowest BCUT2D eigenvalue weighted by molar-refractivity contribution is 0.0138. The normalized spacial score (nSPS) is 16.0. The molecule has 0 saturated carbocycles. The lowest BCUT2D eigenvalue weighted by Crippen LogP contribution is -2.27. The molecule has 1 N–H and O–H groups in total. The van der Waals surface area contributed by atoms with Crippen molar-refractivity contribution in [2.75, 3.05) is 0 Å². The van der Waals surface area contributed by atoms with E-state index in [-0.39, 0.29) is 5.91 Å². The SMILES string of the molecule is Cc1cc(CN2C(=O)c3ccccc3C2O)c(-c2ccccc2)cc1C. The Kier molecular flexibility index (Phi) is 4.09. The molecule has 0 aromatic heterocycles. The van der Waals surface area contributed by atoms with Gasteiger partial charge in [-0.05, 0) is 47.7 Å². The largest absolute Gasteiger partial charge is 0.369 e. The van der Waals surface area contributed by atoms with E-state index in [0.717, 1.165) is 16.7 Å². The number of carbonyl (C=O) groups excluding carboxylic acids is 1. The van der Waals surface area contributed by atoms with Crippen LogP contribution in [0.15, 0.2) is 66.7 Å². The molecule has 4 rings (SSSR count). The highest BCUT2D eigenvalue weighted by Gasteiger charge is 2.35. The number of amides is 1. The maximum Gasteiger partial charge on any atom is 0.256 e. The molecule has 3 aromatic carbocycles. The number of rotatable bonds is 3. The maximum absolute atomic E-state index is 12.8. The number of aliphatic hydroxyl groups is 1. The summed E-state index contributed by atoms with van der Waals surface area (Å²) in [5, 5.41) is 10.7. The smallest absolute Gasteiger partial charge is 0.256 e. The van der Waals surface area contributed by atoms with Crippen molar-refractivity contribution in [2.24, 2.45) is 0 Å². The highest BCUT2D eigenvalue weighted by molar-refractivity contribution is 5.99. The topological polar surface area (TPSA) is 40.5 Å². The first-order valence-corrected chi connectivity index (χ1v) is 8.80. The van der Waals surface area contributed by atoms with Crippen molar-refractivity contribution < 1.29 is 9.90 Å². The monoisotopic (exact) mass is 343 g/mol. The van der Waals surface area contributed by atoms with Gasteiger partial charge in [0.1, 0.15) is 0 Å². The summed E-state index contributed by atoms with van der Waals surface area (Å²) in [4.78, 5) is 14.3. The minimum absolute atomic E-state index is 0.120. The van der Waals surface area contributed by atoms with E-state index < -0.39 is 6.23 Å². The number of carbonyl (C=O) groups is 1. The predicted octanol–water partition coefficient (Wildman–Crippen LogP) is 4.62. The number of hydrogen-bond acceptors (Lipinski definition) is 2. The molecule has 1 atom stereocenters. The van der Waals surface area contributed by atoms with E-state index >= 15 is 0 Å². The van der Waals surface area contributed by atoms with Crippen molar-refractivity contribution in [3.05, 3.63) is 94.5 Å². The first-order valence-electron chi connectivity index (χ1n) is 8.80. The third-order valence-electron chi connectivity index (χ3n) is 5.17. The van der Waals surface area contributed by atoms with E-state index in [1.807, 2.05) is 36.4 Å². The molecule has 1 unspecified atom stereocenters. The summed E-state index contributed by atoms with van der Waals surface area (Å²) in [5.74, 6) is -0.120. The number of fused-ring (bicyclic) bond motifs is 1. The zero-order chi connectivity index (χ0) is 18.3. The third kappa shape index (κ3) is 2.71. The van der Waals surface area contributed by atoms with Crippen LogP contribution in [0.2, 0.25) is 0 Å². The van der Waals surface area contributed by atoms with Crippen LogP contribution in [0.5, 0.6) is 0 Å². The Labute approximate surface area is 153 Å². The molecule has 0 fully saturated rings. The zero-order valence-electron chi connectivity index (χ0n) is 14.9. The summed E-state index contributed by atoms with van der Waals surface area (Å²) in [7, 11) is 0. The second kappa shape index (κ2) is 6.43. The maximum atomic E-state index is 12.8. The van der Waals surface area contributed by atoms with Crippen LogP contribution < -0.4 is 0 Å². The second-order valence-corrected chi connectivity index (χ2v) is 6.85. The average Bonchev–Trinajstić information content (AvgIpc) is 2.90. The Balaban J connectivity index is 1.76. The average molecular weight is 343 g/mol. The number of nitrogens with zero attached hydrogens (tertiary/aromatic N) is 1. The highest BCUT2D eigenvalue weighted by Crippen LogP contribution is 2.35. The van der Waals surface area contributed by atoms with E-state index in [1.54, 1.807) is 11.0 Å². The molecule has 1 aliphatic rings. The molecule has 0 aliphatic carbocycles. The predicted molar refractivity (Wildman–Crippen MR) is 103 cm³/mol. The fraction of sp³-hybridized carbons (Fsp3) is 0.174. The Bertz CT molecular complexity index is 979. The zero-order valence-corrected chi connectivity index (χ0v) is 14.9. The Morgan fingerprint density at radius 1 is 0.885 bits per heavy atom. The molecule has 0 bridgehead atoms. The van der Waals surface area contributed by atoms with Gasteiger partial charge in [-0.1, -0.05) is 60.7 Å². The first-order chi connectivity index (χ1) is 12.6. The lowest BCUT2D eigenvalue weighted by Gasteiger charge is -2.23. The summed E-state index contributed by atoms with van der Waals surface area (Å²) in [6.07, 6.45) is -0.899. The van der Waals surface area contributed by atoms with E-state index in [0.29, 0.717) is 17.7 Å². The van der Waals surface area contributed by atoms with Gasteiger partial charge in [-0.25, -0.2) is 0 Å². The van der Waals surface area contributed by atoms with Crippen LogP contribution in [0.1, 0.15) is 38.8 Å². The lowest BCUT2D eigenvalue weighted by atomic mass is 9.94. The van der Waals surface area contributed by atoms with Crippen molar-refractivity contribution in [2.45, 2.75) is 26.6 Å². The number of aliphatic hydroxyl groups excluding tert-OH is 1. The molecular weight excluding hydrogens is 322 g/mol. The van der Waals surface area contributed by atoms with Gasteiger partial charge in [0.25, 0.3) is 5.91 Å². The van der Waals surface area contributed by atoms with E-state index in [9.17, 15) is 9.90 Å². The molecule has 26 heavy (non-hydrogen) atoms. The van der Waals surface area contributed by atoms with Gasteiger partial charge >= 0.3 is 0 Å². The molecule has 1 amide bonds. The van der Waals surface area contributed by atoms with Crippen molar-refractivity contribution >= 4 is 5.91 Å². The van der Waals surface area contributed by atoms with Gasteiger partial charge in [0.05, 0.1) is 0 Å². The van der Waals surface area contributed by atoms with Crippen LogP contribution >= 0.6 is 0 Å². The summed E-state index contributed by atoms with van der Waals surface area (Å²) < 4.78 is 0. The third-order valence-corrected chi connectivity index (χ3v) is 5.17. The van der Waals surface area contributed by atoms with Crippen LogP contribution in [0.3, 0.4) is 0 Å². The number of aryl methyl sites for hydroxylation is 2. The quantitative estimate of drug-likeness (QED) is 0.754. The van der Waals surface area contributed by atoms with Crippen LogP contribution in [0, 0.1) is 13.8 Å². The molecule has 0 radical (unpaired) electrons. The van der Waals surface area contributed by atoms with Crippen LogP contribution in [-0.4, -0.2) is 15.9 Å². The van der Waals surface area contributed by atoms with Crippen molar-refractivity contribution in [3.63, 3.8) is 0 Å². The molecule has 3 heteroatoms. The molecule has 3 nitrogen and oxygen atoms in total.